The Morgan fingerprint density at radius 2 is 1.13 bits per heavy atom. The molecule has 0 saturated heterocycles. The topological polar surface area (TPSA) is 38.5 Å². The number of aryl methyl sites for hydroxylation is 1. The first-order valence-corrected chi connectivity index (χ1v) is 22.0. The molecule has 6 nitrogen and oxygen atoms in total. The monoisotopic (exact) mass is 821 g/mol. The van der Waals surface area contributed by atoms with Gasteiger partial charge in [-0.25, -0.2) is 4.98 Å². The molecule has 0 saturated carbocycles. The summed E-state index contributed by atoms with van der Waals surface area (Å²) < 4.78 is 11.4. The second-order valence-corrected chi connectivity index (χ2v) is 19.0. The molecule has 1 aliphatic heterocycles. The molecule has 10 aromatic rings. The van der Waals surface area contributed by atoms with Gasteiger partial charge in [0.1, 0.15) is 24.0 Å². The van der Waals surface area contributed by atoms with Gasteiger partial charge < -0.3 is 19.1 Å². The summed E-state index contributed by atoms with van der Waals surface area (Å²) in [5.74, 6) is 2.44. The highest BCUT2D eigenvalue weighted by Crippen LogP contribution is 2.50. The van der Waals surface area contributed by atoms with E-state index >= 15 is 0 Å². The maximum Gasteiger partial charge on any atom is 0.137 e. The van der Waals surface area contributed by atoms with Gasteiger partial charge in [-0.3, -0.25) is 4.57 Å². The van der Waals surface area contributed by atoms with Crippen LogP contribution >= 0.6 is 0 Å². The molecular formula is C57H51N5O. The lowest BCUT2D eigenvalue weighted by Crippen LogP contribution is -2.25. The Morgan fingerprint density at radius 3 is 1.92 bits per heavy atom. The van der Waals surface area contributed by atoms with Crippen LogP contribution in [0.5, 0.6) is 11.5 Å². The highest BCUT2D eigenvalue weighted by atomic mass is 16.5. The predicted molar refractivity (Wildman–Crippen MR) is 264 cm³/mol. The Balaban J connectivity index is 0.986. The molecule has 0 N–H and O–H groups in total. The predicted octanol–water partition coefficient (Wildman–Crippen LogP) is 15.1. The van der Waals surface area contributed by atoms with E-state index in [1.54, 1.807) is 0 Å². The third kappa shape index (κ3) is 6.43. The largest absolute Gasteiger partial charge is 0.457 e. The van der Waals surface area contributed by atoms with Gasteiger partial charge >= 0.3 is 0 Å². The minimum Gasteiger partial charge on any atom is -0.457 e. The zero-order valence-electron chi connectivity index (χ0n) is 37.0. The third-order valence-corrected chi connectivity index (χ3v) is 13.0. The fourth-order valence-corrected chi connectivity index (χ4v) is 9.64. The molecule has 0 aliphatic carbocycles. The Labute approximate surface area is 369 Å². The maximum absolute atomic E-state index is 6.78. The number of hydrogen-bond donors (Lipinski definition) is 0. The molecule has 4 heterocycles. The molecule has 0 spiro atoms. The standard InChI is InChI=1S/C57H51N5O/c1-56(2,3)37-26-28-44(45-20-15-25-51-55(45)46-19-9-10-21-47(46)59(51)7)52(32-37)61-36-60(49-23-12-13-24-50(49)61)39-16-14-17-40(34-39)63-41-27-29-43-42-18-8-11-22-48(42)62(53(43)35-41)54-33-38(30-31-58-54)57(4,5)6/h8-35H,36H2,1-7H3. The molecule has 1 aliphatic rings. The Morgan fingerprint density at radius 1 is 0.476 bits per heavy atom. The molecule has 0 bridgehead atoms. The first-order chi connectivity index (χ1) is 30.4. The van der Waals surface area contributed by atoms with Crippen molar-refractivity contribution in [2.24, 2.45) is 7.05 Å². The summed E-state index contributed by atoms with van der Waals surface area (Å²) in [6, 6.07) is 59.2. The first kappa shape index (κ1) is 38.6. The molecule has 3 aromatic heterocycles. The van der Waals surface area contributed by atoms with E-state index < -0.39 is 0 Å². The second kappa shape index (κ2) is 14.4. The van der Waals surface area contributed by atoms with E-state index in [0.717, 1.165) is 45.1 Å². The van der Waals surface area contributed by atoms with Gasteiger partial charge in [-0.05, 0) is 100 Å². The average Bonchev–Trinajstić information content (AvgIpc) is 3.93. The zero-order valence-corrected chi connectivity index (χ0v) is 37.0. The van der Waals surface area contributed by atoms with E-state index in [1.165, 1.54) is 60.8 Å². The number of rotatable bonds is 6. The van der Waals surface area contributed by atoms with Crippen molar-refractivity contribution < 1.29 is 4.74 Å². The summed E-state index contributed by atoms with van der Waals surface area (Å²) in [4.78, 5) is 9.79. The van der Waals surface area contributed by atoms with Crippen LogP contribution in [-0.4, -0.2) is 20.8 Å². The van der Waals surface area contributed by atoms with E-state index in [-0.39, 0.29) is 10.8 Å². The van der Waals surface area contributed by atoms with Crippen molar-refractivity contribution in [3.63, 3.8) is 0 Å². The number of pyridine rings is 1. The van der Waals surface area contributed by atoms with Crippen molar-refractivity contribution in [1.29, 1.82) is 0 Å². The number of hydrogen-bond acceptors (Lipinski definition) is 4. The molecule has 0 unspecified atom stereocenters. The fraction of sp³-hybridized carbons (Fsp3) is 0.175. The lowest BCUT2D eigenvalue weighted by Gasteiger charge is -2.28. The van der Waals surface area contributed by atoms with Crippen LogP contribution in [0.15, 0.2) is 170 Å². The van der Waals surface area contributed by atoms with Crippen molar-refractivity contribution in [2.75, 3.05) is 16.5 Å². The first-order valence-electron chi connectivity index (χ1n) is 22.0. The molecule has 0 atom stereocenters. The number of benzene rings is 7. The molecule has 63 heavy (non-hydrogen) atoms. The summed E-state index contributed by atoms with van der Waals surface area (Å²) in [7, 11) is 2.17. The molecule has 11 rings (SSSR count). The van der Waals surface area contributed by atoms with Gasteiger partial charge in [0.2, 0.25) is 0 Å². The van der Waals surface area contributed by atoms with Crippen LogP contribution in [0.3, 0.4) is 0 Å². The van der Waals surface area contributed by atoms with Gasteiger partial charge in [-0.15, -0.1) is 0 Å². The lowest BCUT2D eigenvalue weighted by atomic mass is 9.85. The molecule has 0 fully saturated rings. The van der Waals surface area contributed by atoms with Gasteiger partial charge in [0, 0.05) is 69.2 Å². The minimum absolute atomic E-state index is 0.00645. The van der Waals surface area contributed by atoms with E-state index in [4.69, 9.17) is 9.72 Å². The Kier molecular flexibility index (Phi) is 8.81. The minimum atomic E-state index is -0.0340. The highest BCUT2D eigenvalue weighted by molar-refractivity contribution is 6.16. The van der Waals surface area contributed by atoms with Crippen molar-refractivity contribution in [1.82, 2.24) is 14.1 Å². The van der Waals surface area contributed by atoms with Crippen molar-refractivity contribution in [2.45, 2.75) is 52.4 Å². The van der Waals surface area contributed by atoms with Gasteiger partial charge in [-0.2, -0.15) is 0 Å². The molecule has 0 radical (unpaired) electrons. The van der Waals surface area contributed by atoms with E-state index in [9.17, 15) is 0 Å². The number of ether oxygens (including phenoxy) is 1. The van der Waals surface area contributed by atoms with Crippen LogP contribution in [0, 0.1) is 0 Å². The average molecular weight is 822 g/mol. The van der Waals surface area contributed by atoms with Crippen molar-refractivity contribution >= 4 is 66.4 Å². The molecular weight excluding hydrogens is 771 g/mol. The summed E-state index contributed by atoms with van der Waals surface area (Å²) in [6.45, 7) is 14.3. The lowest BCUT2D eigenvalue weighted by molar-refractivity contribution is 0.483. The van der Waals surface area contributed by atoms with E-state index in [2.05, 4.69) is 225 Å². The van der Waals surface area contributed by atoms with E-state index in [1.807, 2.05) is 12.3 Å². The molecule has 310 valence electrons. The van der Waals surface area contributed by atoms with Gasteiger partial charge in [0.25, 0.3) is 0 Å². The van der Waals surface area contributed by atoms with Crippen molar-refractivity contribution in [3.05, 3.63) is 181 Å². The zero-order chi connectivity index (χ0) is 43.2. The van der Waals surface area contributed by atoms with Crippen LogP contribution in [0.25, 0.3) is 60.6 Å². The number of aromatic nitrogens is 3. The third-order valence-electron chi connectivity index (χ3n) is 13.0. The van der Waals surface area contributed by atoms with Crippen LogP contribution in [-0.2, 0) is 17.9 Å². The summed E-state index contributed by atoms with van der Waals surface area (Å²) >= 11 is 0. The number of nitrogens with zero attached hydrogens (tertiary/aromatic N) is 5. The molecule has 6 heteroatoms. The summed E-state index contributed by atoms with van der Waals surface area (Å²) in [6.07, 6.45) is 1.92. The second-order valence-electron chi connectivity index (χ2n) is 19.0. The Hall–Kier alpha value is -7.31. The SMILES string of the molecule is Cn1c2ccccc2c2c(-c3ccc(C(C)(C)C)cc3N3CN(c4cccc(Oc5ccc6c7ccccc7n(-c7cc(C(C)(C)C)ccn7)c6c5)c4)c4ccccc43)cccc21. The maximum atomic E-state index is 6.78. The van der Waals surface area contributed by atoms with E-state index in [0.29, 0.717) is 6.67 Å². The van der Waals surface area contributed by atoms with Crippen LogP contribution in [0.4, 0.5) is 22.7 Å². The van der Waals surface area contributed by atoms with Crippen LogP contribution in [0.1, 0.15) is 52.7 Å². The quantitative estimate of drug-likeness (QED) is 0.167. The van der Waals surface area contributed by atoms with Crippen molar-refractivity contribution in [3.8, 4) is 28.4 Å². The number of para-hydroxylation sites is 4. The number of anilines is 4. The number of fused-ring (bicyclic) bond motifs is 7. The molecule has 7 aromatic carbocycles. The van der Waals surface area contributed by atoms with Crippen LogP contribution in [0.2, 0.25) is 0 Å². The fourth-order valence-electron chi connectivity index (χ4n) is 9.64. The normalized spacial score (nSPS) is 13.2. The smallest absolute Gasteiger partial charge is 0.137 e. The van der Waals surface area contributed by atoms with Gasteiger partial charge in [0.15, 0.2) is 0 Å². The van der Waals surface area contributed by atoms with Crippen LogP contribution < -0.4 is 14.5 Å². The molecule has 0 amide bonds. The van der Waals surface area contributed by atoms with Gasteiger partial charge in [0.05, 0.1) is 28.1 Å². The van der Waals surface area contributed by atoms with Gasteiger partial charge in [-0.1, -0.05) is 120 Å². The highest BCUT2D eigenvalue weighted by Gasteiger charge is 2.31. The Bertz CT molecular complexity index is 3410. The summed E-state index contributed by atoms with van der Waals surface area (Å²) in [5.41, 5.74) is 14.2. The summed E-state index contributed by atoms with van der Waals surface area (Å²) in [5, 5.41) is 4.90.